The Morgan fingerprint density at radius 2 is 1.72 bits per heavy atom. The van der Waals surface area contributed by atoms with E-state index in [0.29, 0.717) is 43.7 Å². The molecular weight excluding hydrogens is 438 g/mol. The molecule has 0 amide bonds. The van der Waals surface area contributed by atoms with Crippen LogP contribution in [-0.4, -0.2) is 27.8 Å². The molecule has 0 fully saturated rings. The van der Waals surface area contributed by atoms with E-state index in [4.69, 9.17) is 4.74 Å². The Labute approximate surface area is 171 Å². The lowest BCUT2D eigenvalue weighted by Crippen LogP contribution is -2.23. The number of hydrogen-bond donors (Lipinski definition) is 2. The SMILES string of the molecule is COc1ccc(-c2c3c(nc4[nH]c(=O)[nH]c(=O)c24)-c2ccccc2C3=O)cc1Br. The summed E-state index contributed by atoms with van der Waals surface area (Å²) in [5, 5.41) is 0.154. The molecule has 29 heavy (non-hydrogen) atoms. The normalized spacial score (nSPS) is 12.1. The first kappa shape index (κ1) is 17.6. The quantitative estimate of drug-likeness (QED) is 0.430. The average molecular weight is 450 g/mol. The number of nitrogens with one attached hydrogen (secondary N) is 2. The van der Waals surface area contributed by atoms with Crippen molar-refractivity contribution >= 4 is 32.7 Å². The molecule has 1 aliphatic carbocycles. The summed E-state index contributed by atoms with van der Waals surface area (Å²) in [6, 6.07) is 12.4. The van der Waals surface area contributed by atoms with Crippen LogP contribution in [0, 0.1) is 0 Å². The number of rotatable bonds is 2. The molecule has 0 saturated heterocycles. The molecule has 0 bridgehead atoms. The lowest BCUT2D eigenvalue weighted by Gasteiger charge is -2.12. The van der Waals surface area contributed by atoms with E-state index < -0.39 is 11.2 Å². The van der Waals surface area contributed by atoms with E-state index in [2.05, 4.69) is 30.9 Å². The topological polar surface area (TPSA) is 105 Å². The zero-order valence-electron chi connectivity index (χ0n) is 15.0. The molecule has 8 heteroatoms. The molecule has 0 radical (unpaired) electrons. The third-order valence-corrected chi connectivity index (χ3v) is 5.60. The van der Waals surface area contributed by atoms with Gasteiger partial charge in [-0.2, -0.15) is 0 Å². The second-order valence-corrected chi connectivity index (χ2v) is 7.42. The van der Waals surface area contributed by atoms with Gasteiger partial charge in [-0.1, -0.05) is 30.3 Å². The summed E-state index contributed by atoms with van der Waals surface area (Å²) in [6.07, 6.45) is 0. The molecule has 2 aromatic carbocycles. The summed E-state index contributed by atoms with van der Waals surface area (Å²) in [4.78, 5) is 47.1. The largest absolute Gasteiger partial charge is 0.496 e. The van der Waals surface area contributed by atoms with Gasteiger partial charge in [0.1, 0.15) is 11.4 Å². The highest BCUT2D eigenvalue weighted by Gasteiger charge is 2.33. The highest BCUT2D eigenvalue weighted by molar-refractivity contribution is 9.10. The number of aromatic nitrogens is 3. The van der Waals surface area contributed by atoms with Gasteiger partial charge in [0.2, 0.25) is 0 Å². The van der Waals surface area contributed by atoms with Gasteiger partial charge in [0.05, 0.1) is 28.2 Å². The van der Waals surface area contributed by atoms with Gasteiger partial charge in [0.15, 0.2) is 5.78 Å². The monoisotopic (exact) mass is 449 g/mol. The number of benzene rings is 2. The lowest BCUT2D eigenvalue weighted by molar-refractivity contribution is 0.104. The van der Waals surface area contributed by atoms with Crippen LogP contribution < -0.4 is 16.0 Å². The molecule has 4 aromatic rings. The standard InChI is InChI=1S/C21H12BrN3O4/c1-29-13-7-6-9(8-12(13)22)14-15-17(10-4-2-3-5-11(10)18(15)26)23-19-16(14)20(27)25-21(28)24-19/h2-8H,1H3,(H2,23,24,25,27,28). The fourth-order valence-corrected chi connectivity index (χ4v) is 4.29. The Morgan fingerprint density at radius 3 is 2.45 bits per heavy atom. The Balaban J connectivity index is 1.98. The fraction of sp³-hybridized carbons (Fsp3) is 0.0476. The molecule has 5 rings (SSSR count). The van der Waals surface area contributed by atoms with Gasteiger partial charge in [-0.3, -0.25) is 19.6 Å². The van der Waals surface area contributed by atoms with Crippen molar-refractivity contribution in [3.05, 3.63) is 78.9 Å². The molecule has 2 N–H and O–H groups in total. The van der Waals surface area contributed by atoms with Crippen molar-refractivity contribution in [3.63, 3.8) is 0 Å². The number of methoxy groups -OCH3 is 1. The zero-order chi connectivity index (χ0) is 20.3. The molecule has 7 nitrogen and oxygen atoms in total. The first-order valence-electron chi connectivity index (χ1n) is 8.68. The number of carbonyl (C=O) groups excluding carboxylic acids is 1. The number of pyridine rings is 1. The van der Waals surface area contributed by atoms with Crippen molar-refractivity contribution in [1.82, 2.24) is 15.0 Å². The van der Waals surface area contributed by atoms with E-state index in [1.165, 1.54) is 0 Å². The van der Waals surface area contributed by atoms with Crippen molar-refractivity contribution in [2.75, 3.05) is 7.11 Å². The summed E-state index contributed by atoms with van der Waals surface area (Å²) in [5.41, 5.74) is 1.88. The molecule has 0 saturated carbocycles. The van der Waals surface area contributed by atoms with E-state index in [1.807, 2.05) is 6.07 Å². The van der Waals surface area contributed by atoms with Crippen LogP contribution in [0.2, 0.25) is 0 Å². The third kappa shape index (κ3) is 2.49. The Kier molecular flexibility index (Phi) is 3.78. The van der Waals surface area contributed by atoms with Crippen molar-refractivity contribution in [1.29, 1.82) is 0 Å². The molecule has 0 atom stereocenters. The van der Waals surface area contributed by atoms with Gasteiger partial charge in [0.25, 0.3) is 5.56 Å². The van der Waals surface area contributed by atoms with E-state index in [9.17, 15) is 14.4 Å². The number of aromatic amines is 2. The van der Waals surface area contributed by atoms with Crippen molar-refractivity contribution in [3.8, 4) is 28.1 Å². The number of hydrogen-bond acceptors (Lipinski definition) is 5. The van der Waals surface area contributed by atoms with Gasteiger partial charge in [-0.25, -0.2) is 9.78 Å². The third-order valence-electron chi connectivity index (χ3n) is 4.98. The van der Waals surface area contributed by atoms with E-state index >= 15 is 0 Å². The number of carbonyl (C=O) groups is 1. The van der Waals surface area contributed by atoms with Gasteiger partial charge >= 0.3 is 5.69 Å². The second kappa shape index (κ2) is 6.25. The average Bonchev–Trinajstić information content (AvgIpc) is 2.98. The predicted octanol–water partition coefficient (Wildman–Crippen LogP) is 3.26. The Hall–Kier alpha value is -3.52. The molecule has 0 spiro atoms. The summed E-state index contributed by atoms with van der Waals surface area (Å²) in [5.74, 6) is 0.401. The Morgan fingerprint density at radius 1 is 0.966 bits per heavy atom. The van der Waals surface area contributed by atoms with Gasteiger partial charge in [-0.15, -0.1) is 0 Å². The number of ether oxygens (including phenoxy) is 1. The number of ketones is 1. The lowest BCUT2D eigenvalue weighted by atomic mass is 9.95. The predicted molar refractivity (Wildman–Crippen MR) is 112 cm³/mol. The number of halogens is 1. The zero-order valence-corrected chi connectivity index (χ0v) is 16.6. The van der Waals surface area contributed by atoms with Crippen LogP contribution in [0.15, 0.2) is 56.5 Å². The summed E-state index contributed by atoms with van der Waals surface area (Å²) in [6.45, 7) is 0. The first-order chi connectivity index (χ1) is 14.0. The van der Waals surface area contributed by atoms with Crippen LogP contribution in [0.4, 0.5) is 0 Å². The van der Waals surface area contributed by atoms with Crippen LogP contribution in [0.3, 0.4) is 0 Å². The number of nitrogens with zero attached hydrogens (tertiary/aromatic N) is 1. The van der Waals surface area contributed by atoms with Crippen LogP contribution in [0.25, 0.3) is 33.4 Å². The molecular formula is C21H12BrN3O4. The van der Waals surface area contributed by atoms with E-state index in [1.54, 1.807) is 43.5 Å². The molecule has 0 aliphatic heterocycles. The minimum atomic E-state index is -0.658. The summed E-state index contributed by atoms with van der Waals surface area (Å²) >= 11 is 3.45. The minimum absolute atomic E-state index is 0.129. The van der Waals surface area contributed by atoms with Crippen LogP contribution >= 0.6 is 15.9 Å². The molecule has 2 aromatic heterocycles. The number of fused-ring (bicyclic) bond motifs is 4. The van der Waals surface area contributed by atoms with Crippen LogP contribution in [0.1, 0.15) is 15.9 Å². The van der Waals surface area contributed by atoms with Gasteiger partial charge in [-0.05, 0) is 33.6 Å². The highest BCUT2D eigenvalue weighted by Crippen LogP contribution is 2.43. The van der Waals surface area contributed by atoms with Crippen molar-refractivity contribution < 1.29 is 9.53 Å². The van der Waals surface area contributed by atoms with Gasteiger partial charge in [0, 0.05) is 16.7 Å². The number of H-pyrrole nitrogens is 2. The maximum atomic E-state index is 13.3. The highest BCUT2D eigenvalue weighted by atomic mass is 79.9. The maximum Gasteiger partial charge on any atom is 0.327 e. The van der Waals surface area contributed by atoms with Crippen LogP contribution in [0.5, 0.6) is 5.75 Å². The second-order valence-electron chi connectivity index (χ2n) is 6.57. The van der Waals surface area contributed by atoms with Crippen LogP contribution in [-0.2, 0) is 0 Å². The first-order valence-corrected chi connectivity index (χ1v) is 9.47. The minimum Gasteiger partial charge on any atom is -0.496 e. The van der Waals surface area contributed by atoms with Crippen molar-refractivity contribution in [2.24, 2.45) is 0 Å². The van der Waals surface area contributed by atoms with Crippen molar-refractivity contribution in [2.45, 2.75) is 0 Å². The maximum absolute atomic E-state index is 13.3. The fourth-order valence-electron chi connectivity index (χ4n) is 3.75. The summed E-state index contributed by atoms with van der Waals surface area (Å²) < 4.78 is 5.95. The molecule has 2 heterocycles. The molecule has 142 valence electrons. The molecule has 1 aliphatic rings. The molecule has 0 unspecified atom stereocenters. The van der Waals surface area contributed by atoms with Gasteiger partial charge < -0.3 is 4.74 Å². The Bertz CT molecular complexity index is 1470. The van der Waals surface area contributed by atoms with E-state index in [0.717, 1.165) is 0 Å². The summed E-state index contributed by atoms with van der Waals surface area (Å²) in [7, 11) is 1.55. The smallest absolute Gasteiger partial charge is 0.327 e. The van der Waals surface area contributed by atoms with E-state index in [-0.39, 0.29) is 16.8 Å².